The van der Waals surface area contributed by atoms with Crippen LogP contribution in [0.2, 0.25) is 0 Å². The first-order chi connectivity index (χ1) is 13.3. The SMILES string of the molecule is COCCN(c1ncc2c(n1)C(C(=O)OC(C)(C)C)C(=O)N2)C1CCNCC1. The summed E-state index contributed by atoms with van der Waals surface area (Å²) in [6, 6.07) is 0.277. The first-order valence-electron chi connectivity index (χ1n) is 9.67. The summed E-state index contributed by atoms with van der Waals surface area (Å²) < 4.78 is 10.7. The van der Waals surface area contributed by atoms with E-state index in [1.165, 1.54) is 0 Å². The molecule has 1 amide bonds. The van der Waals surface area contributed by atoms with Crippen molar-refractivity contribution >= 4 is 23.5 Å². The largest absolute Gasteiger partial charge is 0.459 e. The third-order valence-electron chi connectivity index (χ3n) is 4.78. The van der Waals surface area contributed by atoms with Gasteiger partial charge in [-0.1, -0.05) is 0 Å². The van der Waals surface area contributed by atoms with Crippen molar-refractivity contribution in [3.05, 3.63) is 11.9 Å². The van der Waals surface area contributed by atoms with Gasteiger partial charge in [0.05, 0.1) is 24.2 Å². The molecule has 1 aromatic rings. The number of nitrogens with one attached hydrogen (secondary N) is 2. The molecule has 2 N–H and O–H groups in total. The molecule has 9 nitrogen and oxygen atoms in total. The molecule has 0 radical (unpaired) electrons. The van der Waals surface area contributed by atoms with Crippen molar-refractivity contribution in [1.82, 2.24) is 15.3 Å². The zero-order valence-corrected chi connectivity index (χ0v) is 16.9. The number of anilines is 2. The zero-order valence-electron chi connectivity index (χ0n) is 16.9. The number of methoxy groups -OCH3 is 1. The van der Waals surface area contributed by atoms with Crippen LogP contribution in [-0.4, -0.2) is 66.8 Å². The molecule has 1 atom stereocenters. The Balaban J connectivity index is 1.89. The lowest BCUT2D eigenvalue weighted by molar-refractivity contribution is -0.157. The van der Waals surface area contributed by atoms with Crippen LogP contribution in [0.4, 0.5) is 11.6 Å². The monoisotopic (exact) mass is 391 g/mol. The molecule has 0 aromatic carbocycles. The summed E-state index contributed by atoms with van der Waals surface area (Å²) >= 11 is 0. The van der Waals surface area contributed by atoms with E-state index in [9.17, 15) is 9.59 Å². The topological polar surface area (TPSA) is 106 Å². The molecule has 154 valence electrons. The average molecular weight is 391 g/mol. The van der Waals surface area contributed by atoms with Crippen molar-refractivity contribution in [2.75, 3.05) is 43.6 Å². The highest BCUT2D eigenvalue weighted by atomic mass is 16.6. The number of piperidine rings is 1. The Morgan fingerprint density at radius 3 is 2.68 bits per heavy atom. The van der Waals surface area contributed by atoms with Gasteiger partial charge in [-0.05, 0) is 46.7 Å². The van der Waals surface area contributed by atoms with Crippen molar-refractivity contribution in [2.24, 2.45) is 0 Å². The molecule has 1 fully saturated rings. The molecule has 3 rings (SSSR count). The summed E-state index contributed by atoms with van der Waals surface area (Å²) in [6.45, 7) is 8.35. The van der Waals surface area contributed by atoms with E-state index >= 15 is 0 Å². The second kappa shape index (κ2) is 8.40. The lowest BCUT2D eigenvalue weighted by Gasteiger charge is -2.34. The number of carbonyl (C=O) groups is 2. The smallest absolute Gasteiger partial charge is 0.325 e. The molecular weight excluding hydrogens is 362 g/mol. The van der Waals surface area contributed by atoms with Gasteiger partial charge in [0.2, 0.25) is 11.9 Å². The highest BCUT2D eigenvalue weighted by Crippen LogP contribution is 2.34. The van der Waals surface area contributed by atoms with Crippen LogP contribution in [0.5, 0.6) is 0 Å². The van der Waals surface area contributed by atoms with E-state index in [1.807, 2.05) is 0 Å². The maximum Gasteiger partial charge on any atom is 0.325 e. The summed E-state index contributed by atoms with van der Waals surface area (Å²) in [5.74, 6) is -1.60. The average Bonchev–Trinajstić information content (AvgIpc) is 2.96. The van der Waals surface area contributed by atoms with Crippen LogP contribution in [0, 0.1) is 0 Å². The minimum Gasteiger partial charge on any atom is -0.459 e. The summed E-state index contributed by atoms with van der Waals surface area (Å²) in [5.41, 5.74) is 0.150. The van der Waals surface area contributed by atoms with E-state index in [2.05, 4.69) is 25.5 Å². The van der Waals surface area contributed by atoms with Gasteiger partial charge in [-0.15, -0.1) is 0 Å². The van der Waals surface area contributed by atoms with Crippen molar-refractivity contribution in [3.8, 4) is 0 Å². The third-order valence-corrected chi connectivity index (χ3v) is 4.78. The molecule has 0 aliphatic carbocycles. The Kier molecular flexibility index (Phi) is 6.14. The zero-order chi connectivity index (χ0) is 20.3. The number of esters is 1. The van der Waals surface area contributed by atoms with E-state index < -0.39 is 23.4 Å². The van der Waals surface area contributed by atoms with Gasteiger partial charge in [-0.25, -0.2) is 9.97 Å². The van der Waals surface area contributed by atoms with Crippen LogP contribution in [0.15, 0.2) is 6.20 Å². The Morgan fingerprint density at radius 2 is 2.04 bits per heavy atom. The lowest BCUT2D eigenvalue weighted by Crippen LogP contribution is -2.45. The van der Waals surface area contributed by atoms with Crippen molar-refractivity contribution in [2.45, 2.75) is 51.2 Å². The Hall–Kier alpha value is -2.26. The van der Waals surface area contributed by atoms with Gasteiger partial charge in [-0.2, -0.15) is 0 Å². The van der Waals surface area contributed by atoms with Gasteiger partial charge in [0.1, 0.15) is 5.60 Å². The van der Waals surface area contributed by atoms with Crippen molar-refractivity contribution < 1.29 is 19.1 Å². The Bertz CT molecular complexity index is 728. The first kappa shape index (κ1) is 20.5. The highest BCUT2D eigenvalue weighted by Gasteiger charge is 2.41. The Labute approximate surface area is 165 Å². The number of carbonyl (C=O) groups excluding carboxylic acids is 2. The molecule has 1 saturated heterocycles. The van der Waals surface area contributed by atoms with E-state index in [4.69, 9.17) is 9.47 Å². The summed E-state index contributed by atoms with van der Waals surface area (Å²) in [4.78, 5) is 36.2. The van der Waals surface area contributed by atoms with Gasteiger partial charge >= 0.3 is 5.97 Å². The predicted molar refractivity (Wildman–Crippen MR) is 104 cm³/mol. The summed E-state index contributed by atoms with van der Waals surface area (Å²) in [7, 11) is 1.66. The van der Waals surface area contributed by atoms with Crippen LogP contribution in [0.25, 0.3) is 0 Å². The highest BCUT2D eigenvalue weighted by molar-refractivity contribution is 6.14. The molecule has 3 heterocycles. The molecule has 2 aliphatic rings. The quantitative estimate of drug-likeness (QED) is 0.548. The second-order valence-electron chi connectivity index (χ2n) is 8.09. The number of hydrogen-bond acceptors (Lipinski definition) is 8. The van der Waals surface area contributed by atoms with E-state index in [-0.39, 0.29) is 6.04 Å². The predicted octanol–water partition coefficient (Wildman–Crippen LogP) is 1.06. The van der Waals surface area contributed by atoms with Gasteiger partial charge < -0.3 is 25.0 Å². The molecule has 1 unspecified atom stereocenters. The van der Waals surface area contributed by atoms with Crippen LogP contribution in [-0.2, 0) is 19.1 Å². The standard InChI is InChI=1S/C19H29N5O4/c1-19(2,3)28-17(26)14-15-13(22-16(14)25)11-21-18(23-15)24(9-10-27-4)12-5-7-20-8-6-12/h11-12,14,20H,5-10H2,1-4H3,(H,22,25). The summed E-state index contributed by atoms with van der Waals surface area (Å²) in [6.07, 6.45) is 3.51. The number of aromatic nitrogens is 2. The number of amides is 1. The van der Waals surface area contributed by atoms with Crippen LogP contribution in [0.3, 0.4) is 0 Å². The fourth-order valence-electron chi connectivity index (χ4n) is 3.50. The fourth-order valence-corrected chi connectivity index (χ4v) is 3.50. The lowest BCUT2D eigenvalue weighted by atomic mass is 10.0. The molecule has 28 heavy (non-hydrogen) atoms. The minimum atomic E-state index is -1.08. The van der Waals surface area contributed by atoms with Gasteiger partial charge in [0, 0.05) is 19.7 Å². The molecule has 9 heteroatoms. The number of nitrogens with zero attached hydrogens (tertiary/aromatic N) is 3. The van der Waals surface area contributed by atoms with Gasteiger partial charge in [0.25, 0.3) is 0 Å². The third kappa shape index (κ3) is 4.59. The first-order valence-corrected chi connectivity index (χ1v) is 9.67. The van der Waals surface area contributed by atoms with Crippen molar-refractivity contribution in [3.63, 3.8) is 0 Å². The van der Waals surface area contributed by atoms with Crippen molar-refractivity contribution in [1.29, 1.82) is 0 Å². The molecule has 0 saturated carbocycles. The molecule has 1 aromatic heterocycles. The minimum absolute atomic E-state index is 0.277. The van der Waals surface area contributed by atoms with E-state index in [0.717, 1.165) is 25.9 Å². The number of fused-ring (bicyclic) bond motifs is 1. The summed E-state index contributed by atoms with van der Waals surface area (Å²) in [5, 5.41) is 6.04. The van der Waals surface area contributed by atoms with Crippen LogP contribution < -0.4 is 15.5 Å². The fraction of sp³-hybridized carbons (Fsp3) is 0.684. The number of ether oxygens (including phenoxy) is 2. The van der Waals surface area contributed by atoms with Gasteiger partial charge in [0.15, 0.2) is 5.92 Å². The maximum atomic E-state index is 12.6. The number of hydrogen-bond donors (Lipinski definition) is 2. The molecule has 2 aliphatic heterocycles. The number of rotatable bonds is 6. The molecule has 0 bridgehead atoms. The van der Waals surface area contributed by atoms with E-state index in [1.54, 1.807) is 34.1 Å². The Morgan fingerprint density at radius 1 is 1.32 bits per heavy atom. The second-order valence-corrected chi connectivity index (χ2v) is 8.09. The molecular formula is C19H29N5O4. The maximum absolute atomic E-state index is 12.6. The normalized spacial score (nSPS) is 19.9. The van der Waals surface area contributed by atoms with Crippen LogP contribution >= 0.6 is 0 Å². The van der Waals surface area contributed by atoms with E-state index in [0.29, 0.717) is 30.5 Å². The van der Waals surface area contributed by atoms with Crippen LogP contribution in [0.1, 0.15) is 45.2 Å². The molecule has 0 spiro atoms. The van der Waals surface area contributed by atoms with Gasteiger partial charge in [-0.3, -0.25) is 9.59 Å².